The summed E-state index contributed by atoms with van der Waals surface area (Å²) < 4.78 is 5.48. The maximum atomic E-state index is 12.9. The van der Waals surface area contributed by atoms with E-state index in [-0.39, 0.29) is 12.0 Å². The van der Waals surface area contributed by atoms with E-state index in [0.717, 1.165) is 18.4 Å². The quantitative estimate of drug-likeness (QED) is 0.629. The van der Waals surface area contributed by atoms with Gasteiger partial charge in [-0.15, -0.1) is 0 Å². The highest BCUT2D eigenvalue weighted by Crippen LogP contribution is 2.42. The normalized spacial score (nSPS) is 25.6. The summed E-state index contributed by atoms with van der Waals surface area (Å²) >= 11 is 0. The van der Waals surface area contributed by atoms with E-state index in [9.17, 15) is 4.79 Å². The van der Waals surface area contributed by atoms with Crippen LogP contribution in [0.4, 0.5) is 0 Å². The number of allylic oxidation sites excluding steroid dienone is 1. The van der Waals surface area contributed by atoms with Crippen LogP contribution in [0.3, 0.4) is 0 Å². The van der Waals surface area contributed by atoms with Crippen LogP contribution in [0.25, 0.3) is 0 Å². The molecule has 0 fully saturated rings. The zero-order chi connectivity index (χ0) is 15.5. The number of hydrogen-bond acceptors (Lipinski definition) is 3. The Labute approximate surface area is 127 Å². The first-order valence-electron chi connectivity index (χ1n) is 7.60. The summed E-state index contributed by atoms with van der Waals surface area (Å²) in [4.78, 5) is 15.0. The zero-order valence-corrected chi connectivity index (χ0v) is 13.4. The number of carbonyl (C=O) groups is 1. The molecule has 0 spiro atoms. The van der Waals surface area contributed by atoms with E-state index < -0.39 is 5.41 Å². The van der Waals surface area contributed by atoms with Crippen LogP contribution >= 0.6 is 0 Å². The monoisotopic (exact) mass is 287 g/mol. The molecule has 0 radical (unpaired) electrons. The third-order valence-electron chi connectivity index (χ3n) is 4.35. The molecule has 0 amide bonds. The second kappa shape index (κ2) is 6.44. The Balaban J connectivity index is 2.60. The van der Waals surface area contributed by atoms with Crippen LogP contribution in [-0.4, -0.2) is 37.6 Å². The third-order valence-corrected chi connectivity index (χ3v) is 4.35. The summed E-state index contributed by atoms with van der Waals surface area (Å²) in [7, 11) is 4.06. The number of carbonyl (C=O) groups excluding carboxylic acids is 1. The van der Waals surface area contributed by atoms with Gasteiger partial charge >= 0.3 is 5.97 Å². The van der Waals surface area contributed by atoms with E-state index in [1.165, 1.54) is 5.57 Å². The molecule has 0 bridgehead atoms. The first-order valence-corrected chi connectivity index (χ1v) is 7.60. The second-order valence-electron chi connectivity index (χ2n) is 5.91. The molecule has 0 saturated carbocycles. The van der Waals surface area contributed by atoms with Crippen molar-refractivity contribution >= 4 is 5.97 Å². The Morgan fingerprint density at radius 1 is 1.33 bits per heavy atom. The van der Waals surface area contributed by atoms with Crippen LogP contribution in [0.2, 0.25) is 0 Å². The molecule has 0 unspecified atom stereocenters. The minimum Gasteiger partial charge on any atom is -0.465 e. The van der Waals surface area contributed by atoms with Gasteiger partial charge in [-0.2, -0.15) is 0 Å². The number of rotatable bonds is 4. The molecule has 1 aliphatic rings. The molecule has 2 rings (SSSR count). The van der Waals surface area contributed by atoms with Gasteiger partial charge in [0.25, 0.3) is 0 Å². The van der Waals surface area contributed by atoms with Gasteiger partial charge in [-0.1, -0.05) is 42.0 Å². The van der Waals surface area contributed by atoms with Gasteiger partial charge in [0.05, 0.1) is 12.6 Å². The lowest BCUT2D eigenvalue weighted by molar-refractivity contribution is -0.153. The molecule has 114 valence electrons. The first-order chi connectivity index (χ1) is 10.0. The number of nitrogens with zero attached hydrogens (tertiary/aromatic N) is 1. The minimum atomic E-state index is -0.612. The van der Waals surface area contributed by atoms with Gasteiger partial charge in [0.15, 0.2) is 0 Å². The average molecular weight is 287 g/mol. The van der Waals surface area contributed by atoms with Crippen molar-refractivity contribution in [1.29, 1.82) is 0 Å². The van der Waals surface area contributed by atoms with Crippen molar-refractivity contribution < 1.29 is 9.53 Å². The Morgan fingerprint density at radius 2 is 2.00 bits per heavy atom. The van der Waals surface area contributed by atoms with E-state index in [4.69, 9.17) is 4.74 Å². The average Bonchev–Trinajstić information content (AvgIpc) is 2.47. The highest BCUT2D eigenvalue weighted by molar-refractivity contribution is 5.85. The van der Waals surface area contributed by atoms with Gasteiger partial charge in [0.1, 0.15) is 5.41 Å². The molecule has 1 aromatic rings. The summed E-state index contributed by atoms with van der Waals surface area (Å²) in [6.45, 7) is 4.39. The van der Waals surface area contributed by atoms with Crippen molar-refractivity contribution in [3.8, 4) is 0 Å². The maximum Gasteiger partial charge on any atom is 0.318 e. The molecule has 1 aromatic carbocycles. The number of benzene rings is 1. The molecule has 1 aliphatic carbocycles. The summed E-state index contributed by atoms with van der Waals surface area (Å²) in [5.41, 5.74) is 1.68. The lowest BCUT2D eigenvalue weighted by Gasteiger charge is -2.45. The molecular formula is C18H25NO2. The van der Waals surface area contributed by atoms with Crippen molar-refractivity contribution in [3.05, 3.63) is 47.5 Å². The molecule has 21 heavy (non-hydrogen) atoms. The van der Waals surface area contributed by atoms with Gasteiger partial charge in [0, 0.05) is 0 Å². The Hall–Kier alpha value is -1.61. The minimum absolute atomic E-state index is 0.0349. The number of likely N-dealkylation sites (N-methyl/N-ethyl adjacent to an activating group) is 1. The van der Waals surface area contributed by atoms with E-state index in [1.807, 2.05) is 51.4 Å². The second-order valence-corrected chi connectivity index (χ2v) is 5.91. The first kappa shape index (κ1) is 15.8. The van der Waals surface area contributed by atoms with Crippen LogP contribution < -0.4 is 0 Å². The van der Waals surface area contributed by atoms with Crippen molar-refractivity contribution in [2.75, 3.05) is 20.7 Å². The molecule has 0 saturated heterocycles. The maximum absolute atomic E-state index is 12.9. The van der Waals surface area contributed by atoms with Crippen LogP contribution in [0.5, 0.6) is 0 Å². The highest BCUT2D eigenvalue weighted by atomic mass is 16.5. The standard InChI is InChI=1S/C18H25NO2/c1-5-21-17(20)18(15-11-7-6-8-12-15)13-9-10-14(2)16(18)19(3)4/h6-8,10-12,16H,5,9,13H2,1-4H3/t16-,18+/m0/s1. The van der Waals surface area contributed by atoms with Crippen molar-refractivity contribution in [3.63, 3.8) is 0 Å². The molecule has 0 heterocycles. The number of esters is 1. The van der Waals surface area contributed by atoms with Crippen LogP contribution in [0.15, 0.2) is 42.0 Å². The molecule has 3 heteroatoms. The SMILES string of the molecule is CCOC(=O)[C@@]1(c2ccccc2)CCC=C(C)[C@@H]1N(C)C. The molecular weight excluding hydrogens is 262 g/mol. The van der Waals surface area contributed by atoms with Crippen LogP contribution in [0, 0.1) is 0 Å². The van der Waals surface area contributed by atoms with Gasteiger partial charge in [0.2, 0.25) is 0 Å². The highest BCUT2D eigenvalue weighted by Gasteiger charge is 2.51. The van der Waals surface area contributed by atoms with Gasteiger partial charge in [-0.3, -0.25) is 4.79 Å². The Morgan fingerprint density at radius 3 is 2.57 bits per heavy atom. The lowest BCUT2D eigenvalue weighted by atomic mass is 9.65. The molecule has 3 nitrogen and oxygen atoms in total. The molecule has 2 atom stereocenters. The van der Waals surface area contributed by atoms with E-state index >= 15 is 0 Å². The van der Waals surface area contributed by atoms with E-state index in [1.54, 1.807) is 0 Å². The fraction of sp³-hybridized carbons (Fsp3) is 0.500. The summed E-state index contributed by atoms with van der Waals surface area (Å²) in [6, 6.07) is 10.1. The number of hydrogen-bond donors (Lipinski definition) is 0. The van der Waals surface area contributed by atoms with E-state index in [2.05, 4.69) is 17.9 Å². The Kier molecular flexibility index (Phi) is 4.84. The predicted molar refractivity (Wildman–Crippen MR) is 85.2 cm³/mol. The van der Waals surface area contributed by atoms with Crippen molar-refractivity contribution in [2.45, 2.75) is 38.1 Å². The summed E-state index contributed by atoms with van der Waals surface area (Å²) in [6.07, 6.45) is 3.94. The zero-order valence-electron chi connectivity index (χ0n) is 13.4. The smallest absolute Gasteiger partial charge is 0.318 e. The van der Waals surface area contributed by atoms with Crippen molar-refractivity contribution in [1.82, 2.24) is 4.90 Å². The summed E-state index contributed by atoms with van der Waals surface area (Å²) in [5, 5.41) is 0. The molecule has 0 aliphatic heterocycles. The fourth-order valence-corrected chi connectivity index (χ4v) is 3.64. The fourth-order valence-electron chi connectivity index (χ4n) is 3.64. The molecule has 0 aromatic heterocycles. The predicted octanol–water partition coefficient (Wildman–Crippen LogP) is 3.16. The van der Waals surface area contributed by atoms with Gasteiger partial charge in [-0.25, -0.2) is 0 Å². The van der Waals surface area contributed by atoms with Crippen molar-refractivity contribution in [2.24, 2.45) is 0 Å². The van der Waals surface area contributed by atoms with Gasteiger partial charge in [-0.05, 0) is 46.3 Å². The van der Waals surface area contributed by atoms with Crippen LogP contribution in [0.1, 0.15) is 32.3 Å². The largest absolute Gasteiger partial charge is 0.465 e. The van der Waals surface area contributed by atoms with Gasteiger partial charge < -0.3 is 9.64 Å². The number of ether oxygens (including phenoxy) is 1. The van der Waals surface area contributed by atoms with Crippen LogP contribution in [-0.2, 0) is 14.9 Å². The molecule has 0 N–H and O–H groups in total. The summed E-state index contributed by atoms with van der Waals surface area (Å²) in [5.74, 6) is -0.109. The topological polar surface area (TPSA) is 29.5 Å². The Bertz CT molecular complexity index is 521. The van der Waals surface area contributed by atoms with E-state index in [0.29, 0.717) is 6.61 Å². The third kappa shape index (κ3) is 2.75. The lowest BCUT2D eigenvalue weighted by Crippen LogP contribution is -2.55.